The molecule has 0 heterocycles. The van der Waals surface area contributed by atoms with E-state index in [-0.39, 0.29) is 30.9 Å². The van der Waals surface area contributed by atoms with E-state index < -0.39 is 11.9 Å². The Balaban J connectivity index is 2.37. The number of carbonyl (C=O) groups excluding carboxylic acids is 3. The molecular formula is C18H26N2O4. The third-order valence-corrected chi connectivity index (χ3v) is 3.23. The number of anilines is 1. The van der Waals surface area contributed by atoms with E-state index in [2.05, 4.69) is 10.6 Å². The number of aryl methyl sites for hydroxylation is 2. The third-order valence-electron chi connectivity index (χ3n) is 3.23. The number of carbonyl (C=O) groups is 3. The SMILES string of the molecule is Cc1cccc(C)c1NC(=O)CNC(=O)COC(=O)CC(C)(C)C. The van der Waals surface area contributed by atoms with Gasteiger partial charge in [-0.1, -0.05) is 39.0 Å². The van der Waals surface area contributed by atoms with Crippen LogP contribution < -0.4 is 10.6 Å². The number of para-hydroxylation sites is 1. The molecule has 0 radical (unpaired) electrons. The van der Waals surface area contributed by atoms with Gasteiger partial charge in [-0.3, -0.25) is 14.4 Å². The van der Waals surface area contributed by atoms with E-state index in [1.165, 1.54) is 0 Å². The molecular weight excluding hydrogens is 308 g/mol. The fourth-order valence-corrected chi connectivity index (χ4v) is 2.06. The first-order valence-corrected chi connectivity index (χ1v) is 7.87. The molecule has 132 valence electrons. The van der Waals surface area contributed by atoms with Gasteiger partial charge in [0.05, 0.1) is 13.0 Å². The molecule has 1 aromatic carbocycles. The second-order valence-electron chi connectivity index (χ2n) is 6.99. The molecule has 2 amide bonds. The number of amides is 2. The molecule has 6 nitrogen and oxygen atoms in total. The van der Waals surface area contributed by atoms with Crippen molar-refractivity contribution in [3.63, 3.8) is 0 Å². The van der Waals surface area contributed by atoms with Crippen LogP contribution in [0.15, 0.2) is 18.2 Å². The summed E-state index contributed by atoms with van der Waals surface area (Å²) in [6, 6.07) is 5.71. The molecule has 1 aromatic rings. The average Bonchev–Trinajstić information content (AvgIpc) is 2.45. The lowest BCUT2D eigenvalue weighted by Crippen LogP contribution is -2.36. The van der Waals surface area contributed by atoms with Crippen molar-refractivity contribution in [2.45, 2.75) is 41.0 Å². The van der Waals surface area contributed by atoms with E-state index in [1.807, 2.05) is 52.8 Å². The Labute approximate surface area is 143 Å². The second kappa shape index (κ2) is 8.47. The highest BCUT2D eigenvalue weighted by Gasteiger charge is 2.18. The highest BCUT2D eigenvalue weighted by atomic mass is 16.5. The molecule has 0 atom stereocenters. The van der Waals surface area contributed by atoms with Crippen LogP contribution in [0.3, 0.4) is 0 Å². The molecule has 0 aromatic heterocycles. The Kier molecular flexibility index (Phi) is 6.95. The van der Waals surface area contributed by atoms with Crippen molar-refractivity contribution in [3.8, 4) is 0 Å². The summed E-state index contributed by atoms with van der Waals surface area (Å²) < 4.78 is 4.89. The Hall–Kier alpha value is -2.37. The maximum absolute atomic E-state index is 11.9. The predicted molar refractivity (Wildman–Crippen MR) is 92.6 cm³/mol. The summed E-state index contributed by atoms with van der Waals surface area (Å²) in [5, 5.41) is 5.20. The van der Waals surface area contributed by atoms with E-state index >= 15 is 0 Å². The maximum atomic E-state index is 11.9. The van der Waals surface area contributed by atoms with Crippen LogP contribution in [0, 0.1) is 19.3 Å². The zero-order valence-corrected chi connectivity index (χ0v) is 15.0. The van der Waals surface area contributed by atoms with Gasteiger partial charge in [-0.15, -0.1) is 0 Å². The molecule has 6 heteroatoms. The number of hydrogen-bond acceptors (Lipinski definition) is 4. The Morgan fingerprint density at radius 1 is 1.04 bits per heavy atom. The molecule has 0 aliphatic heterocycles. The zero-order valence-electron chi connectivity index (χ0n) is 15.0. The van der Waals surface area contributed by atoms with E-state index in [9.17, 15) is 14.4 Å². The fraction of sp³-hybridized carbons (Fsp3) is 0.500. The van der Waals surface area contributed by atoms with Gasteiger partial charge < -0.3 is 15.4 Å². The van der Waals surface area contributed by atoms with Crippen molar-refractivity contribution in [2.75, 3.05) is 18.5 Å². The van der Waals surface area contributed by atoms with Gasteiger partial charge in [0.1, 0.15) is 0 Å². The minimum Gasteiger partial charge on any atom is -0.456 e. The van der Waals surface area contributed by atoms with Crippen molar-refractivity contribution in [3.05, 3.63) is 29.3 Å². The van der Waals surface area contributed by atoms with Crippen LogP contribution in [0.2, 0.25) is 0 Å². The Bertz CT molecular complexity index is 598. The highest BCUT2D eigenvalue weighted by molar-refractivity contribution is 5.96. The van der Waals surface area contributed by atoms with Gasteiger partial charge in [0, 0.05) is 5.69 Å². The van der Waals surface area contributed by atoms with Gasteiger partial charge in [0.2, 0.25) is 5.91 Å². The van der Waals surface area contributed by atoms with Crippen molar-refractivity contribution in [2.24, 2.45) is 5.41 Å². The molecule has 0 fully saturated rings. The number of rotatable bonds is 6. The van der Waals surface area contributed by atoms with Crippen molar-refractivity contribution < 1.29 is 19.1 Å². The first-order chi connectivity index (χ1) is 11.1. The molecule has 0 aliphatic carbocycles. The van der Waals surface area contributed by atoms with E-state index in [0.29, 0.717) is 0 Å². The smallest absolute Gasteiger partial charge is 0.306 e. The second-order valence-corrected chi connectivity index (χ2v) is 6.99. The summed E-state index contributed by atoms with van der Waals surface area (Å²) in [5.74, 6) is -1.27. The summed E-state index contributed by atoms with van der Waals surface area (Å²) in [6.45, 7) is 8.96. The molecule has 0 unspecified atom stereocenters. The van der Waals surface area contributed by atoms with Crippen molar-refractivity contribution in [1.29, 1.82) is 0 Å². The Morgan fingerprint density at radius 3 is 2.17 bits per heavy atom. The number of ether oxygens (including phenoxy) is 1. The van der Waals surface area contributed by atoms with E-state index in [1.54, 1.807) is 0 Å². The molecule has 0 saturated heterocycles. The lowest BCUT2D eigenvalue weighted by atomic mass is 9.93. The van der Waals surface area contributed by atoms with Gasteiger partial charge in [-0.2, -0.15) is 0 Å². The number of benzene rings is 1. The van der Waals surface area contributed by atoms with Crippen molar-refractivity contribution in [1.82, 2.24) is 5.32 Å². The maximum Gasteiger partial charge on any atom is 0.306 e. The predicted octanol–water partition coefficient (Wildman–Crippen LogP) is 2.34. The summed E-state index contributed by atoms with van der Waals surface area (Å²) in [4.78, 5) is 35.1. The molecule has 2 N–H and O–H groups in total. The molecule has 0 aliphatic rings. The Morgan fingerprint density at radius 2 is 1.62 bits per heavy atom. The summed E-state index contributed by atoms with van der Waals surface area (Å²) >= 11 is 0. The van der Waals surface area contributed by atoms with Crippen LogP contribution in [0.1, 0.15) is 38.3 Å². The van der Waals surface area contributed by atoms with Crippen LogP contribution in [0.5, 0.6) is 0 Å². The van der Waals surface area contributed by atoms with Gasteiger partial charge >= 0.3 is 5.97 Å². The minimum absolute atomic E-state index is 0.177. The number of hydrogen-bond donors (Lipinski definition) is 2. The summed E-state index contributed by atoms with van der Waals surface area (Å²) in [7, 11) is 0. The van der Waals surface area contributed by atoms with Crippen LogP contribution in [-0.2, 0) is 19.1 Å². The largest absolute Gasteiger partial charge is 0.456 e. The van der Waals surface area contributed by atoms with Crippen LogP contribution in [0.4, 0.5) is 5.69 Å². The van der Waals surface area contributed by atoms with Gasteiger partial charge in [0.15, 0.2) is 6.61 Å². The van der Waals surface area contributed by atoms with Gasteiger partial charge in [-0.25, -0.2) is 0 Å². The van der Waals surface area contributed by atoms with Gasteiger partial charge in [0.25, 0.3) is 5.91 Å². The highest BCUT2D eigenvalue weighted by Crippen LogP contribution is 2.19. The molecule has 0 spiro atoms. The fourth-order valence-electron chi connectivity index (χ4n) is 2.06. The first kappa shape index (κ1) is 19.7. The van der Waals surface area contributed by atoms with E-state index in [4.69, 9.17) is 4.74 Å². The number of nitrogens with one attached hydrogen (secondary N) is 2. The van der Waals surface area contributed by atoms with E-state index in [0.717, 1.165) is 16.8 Å². The van der Waals surface area contributed by atoms with Crippen LogP contribution >= 0.6 is 0 Å². The van der Waals surface area contributed by atoms with Crippen molar-refractivity contribution >= 4 is 23.5 Å². The summed E-state index contributed by atoms with van der Waals surface area (Å²) in [6.07, 6.45) is 0.229. The minimum atomic E-state index is -0.506. The van der Waals surface area contributed by atoms with Crippen LogP contribution in [0.25, 0.3) is 0 Å². The first-order valence-electron chi connectivity index (χ1n) is 7.87. The third kappa shape index (κ3) is 7.26. The standard InChI is InChI=1S/C18H26N2O4/c1-12-7-6-8-13(2)17(12)20-14(21)10-19-15(22)11-24-16(23)9-18(3,4)5/h6-8H,9-11H2,1-5H3,(H,19,22)(H,20,21). The van der Waals surface area contributed by atoms with Crippen LogP contribution in [-0.4, -0.2) is 30.9 Å². The summed E-state index contributed by atoms with van der Waals surface area (Å²) in [5.41, 5.74) is 2.45. The molecule has 0 bridgehead atoms. The van der Waals surface area contributed by atoms with Gasteiger partial charge in [-0.05, 0) is 30.4 Å². The molecule has 1 rings (SSSR count). The lowest BCUT2D eigenvalue weighted by Gasteiger charge is -2.16. The normalized spacial score (nSPS) is 10.9. The molecule has 24 heavy (non-hydrogen) atoms. The quantitative estimate of drug-likeness (QED) is 0.782. The monoisotopic (exact) mass is 334 g/mol. The topological polar surface area (TPSA) is 84.5 Å². The average molecular weight is 334 g/mol. The zero-order chi connectivity index (χ0) is 18.3. The molecule has 0 saturated carbocycles. The number of esters is 1. The lowest BCUT2D eigenvalue weighted by molar-refractivity contribution is -0.150.